The summed E-state index contributed by atoms with van der Waals surface area (Å²) in [4.78, 5) is 21.6. The van der Waals surface area contributed by atoms with Crippen LogP contribution in [0.1, 0.15) is 19.3 Å². The van der Waals surface area contributed by atoms with Crippen molar-refractivity contribution in [1.29, 1.82) is 0 Å². The van der Waals surface area contributed by atoms with E-state index in [0.717, 1.165) is 77.4 Å². The quantitative estimate of drug-likeness (QED) is 0.818. The first-order chi connectivity index (χ1) is 13.1. The van der Waals surface area contributed by atoms with Crippen molar-refractivity contribution >= 4 is 11.8 Å². The van der Waals surface area contributed by atoms with Gasteiger partial charge in [0.15, 0.2) is 5.82 Å². The van der Waals surface area contributed by atoms with Crippen LogP contribution in [0.3, 0.4) is 0 Å². The standard InChI is InChI=1S/C19H33N7O/c1-23(2)13-14-24-11-6-17(7-12-24)21-19(27)26-10-4-9-25(15-16-26)18-5-3-8-20-22-18/h3,5,8,17H,4,6-7,9-16H2,1-2H3,(H,21,27). The summed E-state index contributed by atoms with van der Waals surface area (Å²) >= 11 is 0. The molecule has 3 heterocycles. The van der Waals surface area contributed by atoms with E-state index in [1.165, 1.54) is 0 Å². The molecule has 2 aliphatic rings. The zero-order valence-electron chi connectivity index (χ0n) is 16.7. The van der Waals surface area contributed by atoms with E-state index in [-0.39, 0.29) is 6.03 Å². The van der Waals surface area contributed by atoms with Crippen LogP contribution in [0, 0.1) is 0 Å². The van der Waals surface area contributed by atoms with Crippen molar-refractivity contribution < 1.29 is 4.79 Å². The number of hydrogen-bond acceptors (Lipinski definition) is 6. The maximum atomic E-state index is 12.7. The lowest BCUT2D eigenvalue weighted by Gasteiger charge is -2.34. The number of aromatic nitrogens is 2. The number of rotatable bonds is 5. The minimum absolute atomic E-state index is 0.0859. The van der Waals surface area contributed by atoms with Crippen molar-refractivity contribution in [3.05, 3.63) is 18.3 Å². The van der Waals surface area contributed by atoms with Gasteiger partial charge < -0.3 is 24.9 Å². The molecule has 2 fully saturated rings. The van der Waals surface area contributed by atoms with Gasteiger partial charge >= 0.3 is 6.03 Å². The average molecular weight is 376 g/mol. The first kappa shape index (κ1) is 19.8. The average Bonchev–Trinajstić information content (AvgIpc) is 2.94. The minimum atomic E-state index is 0.0859. The molecule has 8 heteroatoms. The van der Waals surface area contributed by atoms with Crippen LogP contribution >= 0.6 is 0 Å². The van der Waals surface area contributed by atoms with Crippen LogP contribution in [0.2, 0.25) is 0 Å². The summed E-state index contributed by atoms with van der Waals surface area (Å²) in [6.45, 7) is 7.57. The Balaban J connectivity index is 1.41. The van der Waals surface area contributed by atoms with Crippen LogP contribution < -0.4 is 10.2 Å². The van der Waals surface area contributed by atoms with E-state index in [2.05, 4.69) is 44.3 Å². The number of anilines is 1. The Labute approximate surface area is 162 Å². The summed E-state index contributed by atoms with van der Waals surface area (Å²) in [5.74, 6) is 0.893. The molecular formula is C19H33N7O. The van der Waals surface area contributed by atoms with Crippen LogP contribution in [-0.4, -0.2) is 103 Å². The fourth-order valence-corrected chi connectivity index (χ4v) is 3.72. The summed E-state index contributed by atoms with van der Waals surface area (Å²) in [6.07, 6.45) is 4.72. The highest BCUT2D eigenvalue weighted by atomic mass is 16.2. The van der Waals surface area contributed by atoms with Crippen LogP contribution in [0.15, 0.2) is 18.3 Å². The molecule has 150 valence electrons. The van der Waals surface area contributed by atoms with Gasteiger partial charge in [-0.05, 0) is 45.5 Å². The molecule has 1 aromatic heterocycles. The van der Waals surface area contributed by atoms with Gasteiger partial charge in [-0.25, -0.2) is 4.79 Å². The molecule has 0 aliphatic carbocycles. The molecule has 2 saturated heterocycles. The fourth-order valence-electron chi connectivity index (χ4n) is 3.72. The van der Waals surface area contributed by atoms with E-state index in [4.69, 9.17) is 0 Å². The van der Waals surface area contributed by atoms with Crippen molar-refractivity contribution in [2.45, 2.75) is 25.3 Å². The molecule has 0 saturated carbocycles. The second kappa shape index (κ2) is 9.85. The molecule has 27 heavy (non-hydrogen) atoms. The van der Waals surface area contributed by atoms with E-state index in [0.29, 0.717) is 6.04 Å². The summed E-state index contributed by atoms with van der Waals surface area (Å²) in [6, 6.07) is 4.27. The van der Waals surface area contributed by atoms with Gasteiger partial charge in [-0.1, -0.05) is 0 Å². The van der Waals surface area contributed by atoms with Gasteiger partial charge in [-0.3, -0.25) is 0 Å². The topological polar surface area (TPSA) is 67.8 Å². The number of nitrogens with zero attached hydrogens (tertiary/aromatic N) is 6. The lowest BCUT2D eigenvalue weighted by atomic mass is 10.1. The lowest BCUT2D eigenvalue weighted by molar-refractivity contribution is 0.167. The SMILES string of the molecule is CN(C)CCN1CCC(NC(=O)N2CCCN(c3cccnn3)CC2)CC1. The number of carbonyl (C=O) groups excluding carboxylic acids is 1. The molecule has 0 bridgehead atoms. The van der Waals surface area contributed by atoms with Gasteiger partial charge in [-0.15, -0.1) is 5.10 Å². The molecule has 1 aromatic rings. The molecule has 1 N–H and O–H groups in total. The molecule has 0 atom stereocenters. The van der Waals surface area contributed by atoms with E-state index >= 15 is 0 Å². The van der Waals surface area contributed by atoms with Crippen molar-refractivity contribution in [1.82, 2.24) is 30.2 Å². The second-order valence-corrected chi connectivity index (χ2v) is 7.78. The van der Waals surface area contributed by atoms with Gasteiger partial charge in [0.1, 0.15) is 0 Å². The van der Waals surface area contributed by atoms with E-state index in [1.54, 1.807) is 6.20 Å². The number of likely N-dealkylation sites (N-methyl/N-ethyl adjacent to an activating group) is 1. The molecule has 2 aliphatic heterocycles. The van der Waals surface area contributed by atoms with E-state index in [9.17, 15) is 4.79 Å². The smallest absolute Gasteiger partial charge is 0.317 e. The predicted molar refractivity (Wildman–Crippen MR) is 107 cm³/mol. The monoisotopic (exact) mass is 375 g/mol. The number of urea groups is 1. The predicted octanol–water partition coefficient (Wildman–Crippen LogP) is 0.724. The van der Waals surface area contributed by atoms with E-state index in [1.807, 2.05) is 17.0 Å². The second-order valence-electron chi connectivity index (χ2n) is 7.78. The Hall–Kier alpha value is -1.93. The Morgan fingerprint density at radius 2 is 2.00 bits per heavy atom. The minimum Gasteiger partial charge on any atom is -0.353 e. The van der Waals surface area contributed by atoms with Gasteiger partial charge in [0.2, 0.25) is 0 Å². The number of nitrogens with one attached hydrogen (secondary N) is 1. The number of piperidine rings is 1. The number of likely N-dealkylation sites (tertiary alicyclic amines) is 1. The maximum Gasteiger partial charge on any atom is 0.317 e. The summed E-state index contributed by atoms with van der Waals surface area (Å²) < 4.78 is 0. The van der Waals surface area contributed by atoms with Crippen LogP contribution in [0.5, 0.6) is 0 Å². The Kier molecular flexibility index (Phi) is 7.23. The third-order valence-corrected chi connectivity index (χ3v) is 5.44. The van der Waals surface area contributed by atoms with Crippen LogP contribution in [-0.2, 0) is 0 Å². The normalized spacial score (nSPS) is 20.0. The van der Waals surface area contributed by atoms with Crippen molar-refractivity contribution in [2.24, 2.45) is 0 Å². The lowest BCUT2D eigenvalue weighted by Crippen LogP contribution is -2.50. The Morgan fingerprint density at radius 1 is 1.19 bits per heavy atom. The zero-order chi connectivity index (χ0) is 19.1. The number of hydrogen-bond donors (Lipinski definition) is 1. The molecule has 0 radical (unpaired) electrons. The zero-order valence-corrected chi connectivity index (χ0v) is 16.7. The Bertz CT molecular complexity index is 575. The van der Waals surface area contributed by atoms with E-state index < -0.39 is 0 Å². The largest absolute Gasteiger partial charge is 0.353 e. The van der Waals surface area contributed by atoms with Crippen LogP contribution in [0.25, 0.3) is 0 Å². The highest BCUT2D eigenvalue weighted by Gasteiger charge is 2.24. The maximum absolute atomic E-state index is 12.7. The van der Waals surface area contributed by atoms with Gasteiger partial charge in [0.05, 0.1) is 0 Å². The number of carbonyl (C=O) groups is 1. The first-order valence-corrected chi connectivity index (χ1v) is 10.1. The third-order valence-electron chi connectivity index (χ3n) is 5.44. The highest BCUT2D eigenvalue weighted by Crippen LogP contribution is 2.14. The summed E-state index contributed by atoms with van der Waals surface area (Å²) in [5, 5.41) is 11.4. The Morgan fingerprint density at radius 3 is 2.70 bits per heavy atom. The first-order valence-electron chi connectivity index (χ1n) is 10.1. The van der Waals surface area contributed by atoms with Crippen molar-refractivity contribution in [2.75, 3.05) is 71.4 Å². The summed E-state index contributed by atoms with van der Waals surface area (Å²) in [7, 11) is 4.22. The molecule has 3 rings (SSSR count). The molecule has 0 aromatic carbocycles. The van der Waals surface area contributed by atoms with Gasteiger partial charge in [0.25, 0.3) is 0 Å². The van der Waals surface area contributed by atoms with Gasteiger partial charge in [-0.2, -0.15) is 5.10 Å². The molecular weight excluding hydrogens is 342 g/mol. The van der Waals surface area contributed by atoms with Crippen molar-refractivity contribution in [3.8, 4) is 0 Å². The third kappa shape index (κ3) is 6.04. The van der Waals surface area contributed by atoms with Crippen molar-refractivity contribution in [3.63, 3.8) is 0 Å². The molecule has 2 amide bonds. The van der Waals surface area contributed by atoms with Crippen LogP contribution in [0.4, 0.5) is 10.6 Å². The van der Waals surface area contributed by atoms with Gasteiger partial charge in [0, 0.05) is 64.6 Å². The number of amides is 2. The fraction of sp³-hybridized carbons (Fsp3) is 0.737. The highest BCUT2D eigenvalue weighted by molar-refractivity contribution is 5.74. The molecule has 0 spiro atoms. The summed E-state index contributed by atoms with van der Waals surface area (Å²) in [5.41, 5.74) is 0. The molecule has 0 unspecified atom stereocenters. The molecule has 8 nitrogen and oxygen atoms in total.